The molecule has 1 unspecified atom stereocenters. The number of benzene rings is 3. The largest absolute Gasteiger partial charge is 0.298 e. The molecule has 2 aliphatic rings. The number of rotatable bonds is 5. The zero-order valence-corrected chi connectivity index (χ0v) is 19.2. The van der Waals surface area contributed by atoms with E-state index in [1.54, 1.807) is 10.4 Å². The summed E-state index contributed by atoms with van der Waals surface area (Å²) in [4.78, 5) is 2.92. The fraction of sp³-hybridized carbons (Fsp3) is 0.333. The van der Waals surface area contributed by atoms with Crippen molar-refractivity contribution in [2.45, 2.75) is 30.7 Å². The van der Waals surface area contributed by atoms with Crippen molar-refractivity contribution in [3.63, 3.8) is 0 Å². The van der Waals surface area contributed by atoms with Crippen LogP contribution in [-0.4, -0.2) is 43.8 Å². The molecule has 2 aliphatic heterocycles. The molecule has 0 N–H and O–H groups in total. The van der Waals surface area contributed by atoms with Gasteiger partial charge in [0.15, 0.2) is 0 Å². The Morgan fingerprint density at radius 3 is 2.38 bits per heavy atom. The van der Waals surface area contributed by atoms with Crippen LogP contribution in [0.2, 0.25) is 0 Å². The van der Waals surface area contributed by atoms with E-state index >= 15 is 0 Å². The Kier molecular flexibility index (Phi) is 6.13. The molecule has 0 saturated carbocycles. The van der Waals surface area contributed by atoms with Gasteiger partial charge in [0.05, 0.1) is 4.90 Å². The van der Waals surface area contributed by atoms with E-state index in [4.69, 9.17) is 0 Å². The summed E-state index contributed by atoms with van der Waals surface area (Å²) < 4.78 is 29.1. The van der Waals surface area contributed by atoms with Gasteiger partial charge in [0, 0.05) is 38.3 Å². The fourth-order valence-corrected chi connectivity index (χ4v) is 6.93. The van der Waals surface area contributed by atoms with Crippen molar-refractivity contribution < 1.29 is 8.42 Å². The second kappa shape index (κ2) is 9.18. The van der Waals surface area contributed by atoms with Crippen LogP contribution >= 0.6 is 0 Å². The molecular weight excluding hydrogens is 416 g/mol. The van der Waals surface area contributed by atoms with Gasteiger partial charge in [-0.05, 0) is 47.9 Å². The van der Waals surface area contributed by atoms with Gasteiger partial charge in [-0.25, -0.2) is 8.42 Å². The van der Waals surface area contributed by atoms with E-state index in [2.05, 4.69) is 29.2 Å². The molecule has 3 aromatic carbocycles. The highest BCUT2D eigenvalue weighted by Crippen LogP contribution is 2.32. The molecule has 0 aromatic heterocycles. The molecule has 3 aromatic rings. The van der Waals surface area contributed by atoms with E-state index in [0.717, 1.165) is 50.0 Å². The van der Waals surface area contributed by atoms with Crippen LogP contribution in [0.1, 0.15) is 24.0 Å². The Labute approximate surface area is 191 Å². The quantitative estimate of drug-likeness (QED) is 0.565. The molecular formula is C27H30N2O2S. The van der Waals surface area contributed by atoms with Crippen LogP contribution in [0.5, 0.6) is 0 Å². The van der Waals surface area contributed by atoms with Crippen LogP contribution in [-0.2, 0) is 23.0 Å². The first-order chi connectivity index (χ1) is 15.6. The highest BCUT2D eigenvalue weighted by atomic mass is 32.2. The van der Waals surface area contributed by atoms with Crippen LogP contribution in [0.15, 0.2) is 83.8 Å². The zero-order chi connectivity index (χ0) is 22.0. The first-order valence-electron chi connectivity index (χ1n) is 11.5. The smallest absolute Gasteiger partial charge is 0.243 e. The summed E-state index contributed by atoms with van der Waals surface area (Å²) >= 11 is 0. The maximum absolute atomic E-state index is 13.7. The summed E-state index contributed by atoms with van der Waals surface area (Å²) in [6.07, 6.45) is 3.09. The van der Waals surface area contributed by atoms with E-state index in [1.807, 2.05) is 48.5 Å². The summed E-state index contributed by atoms with van der Waals surface area (Å²) in [6, 6.07) is 25.9. The van der Waals surface area contributed by atoms with E-state index in [-0.39, 0.29) is 0 Å². The molecule has 0 amide bonds. The van der Waals surface area contributed by atoms with E-state index in [0.29, 0.717) is 23.9 Å². The number of nitrogens with zero attached hydrogens (tertiary/aromatic N) is 2. The minimum atomic E-state index is -3.55. The van der Waals surface area contributed by atoms with Crippen molar-refractivity contribution in [2.75, 3.05) is 26.2 Å². The van der Waals surface area contributed by atoms with Crippen molar-refractivity contribution >= 4 is 10.0 Å². The molecule has 5 rings (SSSR count). The van der Waals surface area contributed by atoms with E-state index in [1.165, 1.54) is 11.1 Å². The lowest BCUT2D eigenvalue weighted by Crippen LogP contribution is -2.44. The highest BCUT2D eigenvalue weighted by Gasteiger charge is 2.33. The summed E-state index contributed by atoms with van der Waals surface area (Å²) in [7, 11) is -3.55. The normalized spacial score (nSPS) is 20.1. The second-order valence-corrected chi connectivity index (χ2v) is 10.9. The van der Waals surface area contributed by atoms with Gasteiger partial charge in [-0.1, -0.05) is 72.8 Å². The Hall–Kier alpha value is -2.47. The predicted octanol–water partition coefficient (Wildman–Crippen LogP) is 4.81. The minimum Gasteiger partial charge on any atom is -0.298 e. The van der Waals surface area contributed by atoms with Crippen LogP contribution in [0, 0.1) is 5.92 Å². The van der Waals surface area contributed by atoms with Gasteiger partial charge in [0.1, 0.15) is 0 Å². The summed E-state index contributed by atoms with van der Waals surface area (Å²) in [5.74, 6) is 0.368. The fourth-order valence-electron chi connectivity index (χ4n) is 5.16. The number of hydrogen-bond acceptors (Lipinski definition) is 3. The predicted molar refractivity (Wildman–Crippen MR) is 129 cm³/mol. The first kappa shape index (κ1) is 21.4. The maximum Gasteiger partial charge on any atom is 0.243 e. The molecule has 0 aliphatic carbocycles. The van der Waals surface area contributed by atoms with Gasteiger partial charge < -0.3 is 0 Å². The van der Waals surface area contributed by atoms with Crippen molar-refractivity contribution in [3.8, 4) is 11.1 Å². The summed E-state index contributed by atoms with van der Waals surface area (Å²) in [5, 5.41) is 0. The topological polar surface area (TPSA) is 40.6 Å². The van der Waals surface area contributed by atoms with Gasteiger partial charge in [-0.3, -0.25) is 4.90 Å². The van der Waals surface area contributed by atoms with E-state index in [9.17, 15) is 8.42 Å². The molecule has 1 fully saturated rings. The van der Waals surface area contributed by atoms with E-state index < -0.39 is 10.0 Å². The minimum absolute atomic E-state index is 0.368. The van der Waals surface area contributed by atoms with Crippen molar-refractivity contribution in [1.29, 1.82) is 0 Å². The lowest BCUT2D eigenvalue weighted by Gasteiger charge is -2.37. The van der Waals surface area contributed by atoms with Gasteiger partial charge in [-0.2, -0.15) is 4.31 Å². The molecule has 1 atom stereocenters. The summed E-state index contributed by atoms with van der Waals surface area (Å²) in [5.41, 5.74) is 4.58. The van der Waals surface area contributed by atoms with Crippen LogP contribution in [0.4, 0.5) is 0 Å². The molecule has 0 bridgehead atoms. The number of sulfonamides is 1. The molecule has 2 heterocycles. The average molecular weight is 447 g/mol. The molecule has 5 heteroatoms. The van der Waals surface area contributed by atoms with Gasteiger partial charge >= 0.3 is 0 Å². The Morgan fingerprint density at radius 1 is 0.812 bits per heavy atom. The molecule has 0 radical (unpaired) electrons. The maximum atomic E-state index is 13.7. The molecule has 1 saturated heterocycles. The van der Waals surface area contributed by atoms with Crippen LogP contribution in [0.3, 0.4) is 0 Å². The average Bonchev–Trinajstić information content (AvgIpc) is 2.85. The third kappa shape index (κ3) is 4.38. The second-order valence-electron chi connectivity index (χ2n) is 8.99. The van der Waals surface area contributed by atoms with Crippen molar-refractivity contribution in [1.82, 2.24) is 9.21 Å². The lowest BCUT2D eigenvalue weighted by atomic mass is 9.95. The SMILES string of the molecule is O=S(=O)(c1ccccc1-c1ccccc1)N1CCCC(CN2CCc3ccccc3C2)C1. The van der Waals surface area contributed by atoms with Crippen molar-refractivity contribution in [3.05, 3.63) is 90.0 Å². The van der Waals surface area contributed by atoms with Gasteiger partial charge in [-0.15, -0.1) is 0 Å². The Bertz CT molecular complexity index is 1180. The standard InChI is InChI=1S/C27H30N2O2S/c30-32(31,27-15-7-6-14-26(27)24-11-2-1-3-12-24)29-17-8-9-22(20-29)19-28-18-16-23-10-4-5-13-25(23)21-28/h1-7,10-15,22H,8-9,16-21H2. The first-order valence-corrected chi connectivity index (χ1v) is 13.0. The highest BCUT2D eigenvalue weighted by molar-refractivity contribution is 7.89. The zero-order valence-electron chi connectivity index (χ0n) is 18.4. The molecule has 4 nitrogen and oxygen atoms in total. The lowest BCUT2D eigenvalue weighted by molar-refractivity contribution is 0.167. The van der Waals surface area contributed by atoms with Crippen LogP contribution < -0.4 is 0 Å². The Balaban J connectivity index is 1.33. The van der Waals surface area contributed by atoms with Gasteiger partial charge in [0.2, 0.25) is 10.0 Å². The molecule has 0 spiro atoms. The Morgan fingerprint density at radius 2 is 1.53 bits per heavy atom. The third-order valence-electron chi connectivity index (χ3n) is 6.80. The third-order valence-corrected chi connectivity index (χ3v) is 8.72. The van der Waals surface area contributed by atoms with Crippen molar-refractivity contribution in [2.24, 2.45) is 5.92 Å². The number of fused-ring (bicyclic) bond motifs is 1. The summed E-state index contributed by atoms with van der Waals surface area (Å²) in [6.45, 7) is 4.18. The number of piperidine rings is 1. The molecule has 166 valence electrons. The molecule has 32 heavy (non-hydrogen) atoms. The van der Waals surface area contributed by atoms with Crippen LogP contribution in [0.25, 0.3) is 11.1 Å². The van der Waals surface area contributed by atoms with Gasteiger partial charge in [0.25, 0.3) is 0 Å². The number of hydrogen-bond donors (Lipinski definition) is 0. The monoisotopic (exact) mass is 446 g/mol.